The minimum atomic E-state index is -0.866. The second-order valence-corrected chi connectivity index (χ2v) is 5.17. The molecule has 0 aliphatic carbocycles. The van der Waals surface area contributed by atoms with Crippen molar-refractivity contribution in [3.05, 3.63) is 32.6 Å². The van der Waals surface area contributed by atoms with Crippen LogP contribution in [-0.4, -0.2) is 45.8 Å². The summed E-state index contributed by atoms with van der Waals surface area (Å²) in [5, 5.41) is 0. The van der Waals surface area contributed by atoms with Crippen molar-refractivity contribution in [2.45, 2.75) is 39.8 Å². The van der Waals surface area contributed by atoms with E-state index in [1.807, 2.05) is 11.9 Å². The van der Waals surface area contributed by atoms with Crippen molar-refractivity contribution in [3.63, 3.8) is 0 Å². The highest BCUT2D eigenvalue weighted by molar-refractivity contribution is 5.84. The number of nitrogens with zero attached hydrogens (tertiary/aromatic N) is 2. The number of nitrogens with two attached hydrogens (primary N) is 1. The van der Waals surface area contributed by atoms with Crippen LogP contribution in [0.25, 0.3) is 0 Å². The lowest BCUT2D eigenvalue weighted by atomic mass is 10.3. The fourth-order valence-electron chi connectivity index (χ4n) is 1.74. The van der Waals surface area contributed by atoms with Gasteiger partial charge in [-0.15, -0.1) is 0 Å². The van der Waals surface area contributed by atoms with E-state index in [0.717, 1.165) is 22.1 Å². The van der Waals surface area contributed by atoms with E-state index in [0.29, 0.717) is 6.42 Å². The van der Waals surface area contributed by atoms with Crippen molar-refractivity contribution < 1.29 is 14.3 Å². The quantitative estimate of drug-likeness (QED) is 0.561. The first-order chi connectivity index (χ1) is 10.8. The summed E-state index contributed by atoms with van der Waals surface area (Å²) < 4.78 is 5.77. The van der Waals surface area contributed by atoms with Crippen LogP contribution in [0, 0.1) is 6.92 Å². The third-order valence-electron chi connectivity index (χ3n) is 3.14. The number of aromatic amines is 1. The summed E-state index contributed by atoms with van der Waals surface area (Å²) >= 11 is 0. The van der Waals surface area contributed by atoms with Gasteiger partial charge in [-0.25, -0.2) is 14.2 Å². The topological polar surface area (TPSA) is 127 Å². The Morgan fingerprint density at radius 1 is 1.43 bits per heavy atom. The van der Waals surface area contributed by atoms with Gasteiger partial charge >= 0.3 is 11.8 Å². The summed E-state index contributed by atoms with van der Waals surface area (Å²) in [6, 6.07) is 0. The molecule has 0 saturated carbocycles. The second kappa shape index (κ2) is 8.28. The highest BCUT2D eigenvalue weighted by atomic mass is 16.6. The van der Waals surface area contributed by atoms with Gasteiger partial charge in [-0.05, 0) is 20.3 Å². The Kier molecular flexibility index (Phi) is 6.70. The van der Waals surface area contributed by atoms with E-state index in [-0.39, 0.29) is 12.2 Å². The molecule has 1 atom stereocenters. The van der Waals surface area contributed by atoms with Crippen LogP contribution in [-0.2, 0) is 4.74 Å². The molecule has 9 heteroatoms. The van der Waals surface area contributed by atoms with Crippen molar-refractivity contribution in [2.75, 3.05) is 13.2 Å². The van der Waals surface area contributed by atoms with Gasteiger partial charge in [0.15, 0.2) is 0 Å². The molecule has 1 unspecified atom stereocenters. The molecule has 0 aliphatic rings. The summed E-state index contributed by atoms with van der Waals surface area (Å²) in [5.41, 5.74) is 4.46. The van der Waals surface area contributed by atoms with Gasteiger partial charge in [0, 0.05) is 11.8 Å². The van der Waals surface area contributed by atoms with Gasteiger partial charge in [-0.3, -0.25) is 19.5 Å². The normalized spacial score (nSPS) is 11.8. The molecule has 0 spiro atoms. The molecule has 0 saturated heterocycles. The van der Waals surface area contributed by atoms with Gasteiger partial charge in [0.2, 0.25) is 0 Å². The largest absolute Gasteiger partial charge is 0.449 e. The van der Waals surface area contributed by atoms with E-state index in [2.05, 4.69) is 0 Å². The Labute approximate surface area is 133 Å². The predicted octanol–water partition coefficient (Wildman–Crippen LogP) is 0.0286. The molecule has 0 aromatic carbocycles. The van der Waals surface area contributed by atoms with Crippen LogP contribution in [0.4, 0.5) is 4.79 Å². The van der Waals surface area contributed by atoms with Crippen LogP contribution in [0.3, 0.4) is 0 Å². The Balaban J connectivity index is 2.90. The van der Waals surface area contributed by atoms with Crippen molar-refractivity contribution in [1.29, 1.82) is 0 Å². The maximum atomic E-state index is 12.2. The first kappa shape index (κ1) is 18.6. The van der Waals surface area contributed by atoms with Crippen LogP contribution in [0.15, 0.2) is 15.8 Å². The van der Waals surface area contributed by atoms with E-state index < -0.39 is 36.0 Å². The molecule has 0 radical (unpaired) electrons. The molecule has 23 heavy (non-hydrogen) atoms. The van der Waals surface area contributed by atoms with Crippen LogP contribution >= 0.6 is 0 Å². The minimum Gasteiger partial charge on any atom is -0.449 e. The summed E-state index contributed by atoms with van der Waals surface area (Å²) in [6.45, 7) is 4.73. The number of H-pyrrole nitrogens is 1. The smallest absolute Gasteiger partial charge is 0.411 e. The van der Waals surface area contributed by atoms with Gasteiger partial charge in [0.1, 0.15) is 6.54 Å². The van der Waals surface area contributed by atoms with Crippen LogP contribution in [0.2, 0.25) is 0 Å². The summed E-state index contributed by atoms with van der Waals surface area (Å²) in [4.78, 5) is 50.2. The number of unbranched alkanes of at least 4 members (excludes halogenated alkanes) is 1. The molecule has 1 heterocycles. The van der Waals surface area contributed by atoms with Crippen molar-refractivity contribution >= 4 is 12.0 Å². The molecule has 3 N–H and O–H groups in total. The van der Waals surface area contributed by atoms with E-state index in [4.69, 9.17) is 10.5 Å². The van der Waals surface area contributed by atoms with Gasteiger partial charge in [0.25, 0.3) is 11.5 Å². The molecule has 0 fully saturated rings. The SMILES string of the molecule is CCCCOC(=O)N(CC(=O)n1cc(C)c(=O)[nH]c1=O)C(C)N. The Morgan fingerprint density at radius 2 is 2.09 bits per heavy atom. The number of aryl methyl sites for hydroxylation is 1. The maximum absolute atomic E-state index is 12.2. The number of hydrogen-bond donors (Lipinski definition) is 2. The van der Waals surface area contributed by atoms with E-state index >= 15 is 0 Å². The lowest BCUT2D eigenvalue weighted by Gasteiger charge is -2.25. The molecule has 1 rings (SSSR count). The average molecular weight is 326 g/mol. The summed E-state index contributed by atoms with van der Waals surface area (Å²) in [5.74, 6) is -0.695. The molecule has 1 aromatic rings. The minimum absolute atomic E-state index is 0.204. The Morgan fingerprint density at radius 3 is 2.65 bits per heavy atom. The van der Waals surface area contributed by atoms with Crippen LogP contribution in [0.1, 0.15) is 37.0 Å². The van der Waals surface area contributed by atoms with Crippen LogP contribution in [0.5, 0.6) is 0 Å². The summed E-state index contributed by atoms with van der Waals surface area (Å²) in [6.07, 6.45) is 1.19. The van der Waals surface area contributed by atoms with Crippen molar-refractivity contribution in [3.8, 4) is 0 Å². The number of carbonyl (C=O) groups excluding carboxylic acids is 2. The fourth-order valence-corrected chi connectivity index (χ4v) is 1.74. The van der Waals surface area contributed by atoms with E-state index in [1.165, 1.54) is 13.8 Å². The van der Waals surface area contributed by atoms with Crippen LogP contribution < -0.4 is 17.0 Å². The number of hydrogen-bond acceptors (Lipinski definition) is 6. The lowest BCUT2D eigenvalue weighted by Crippen LogP contribution is -2.49. The monoisotopic (exact) mass is 326 g/mol. The molecular weight excluding hydrogens is 304 g/mol. The zero-order valence-electron chi connectivity index (χ0n) is 13.5. The second-order valence-electron chi connectivity index (χ2n) is 5.17. The molecule has 0 aliphatic heterocycles. The average Bonchev–Trinajstić information content (AvgIpc) is 2.48. The number of carbonyl (C=O) groups is 2. The molecule has 1 aromatic heterocycles. The van der Waals surface area contributed by atoms with E-state index in [9.17, 15) is 19.2 Å². The molecular formula is C14H22N4O5. The first-order valence-corrected chi connectivity index (χ1v) is 7.32. The lowest BCUT2D eigenvalue weighted by molar-refractivity contribution is 0.0690. The highest BCUT2D eigenvalue weighted by Crippen LogP contribution is 2.01. The predicted molar refractivity (Wildman–Crippen MR) is 83.3 cm³/mol. The van der Waals surface area contributed by atoms with E-state index in [1.54, 1.807) is 0 Å². The molecule has 128 valence electrons. The van der Waals surface area contributed by atoms with Crippen molar-refractivity contribution in [1.82, 2.24) is 14.5 Å². The maximum Gasteiger partial charge on any atom is 0.411 e. The molecule has 1 amide bonds. The van der Waals surface area contributed by atoms with Gasteiger partial charge in [-0.2, -0.15) is 0 Å². The highest BCUT2D eigenvalue weighted by Gasteiger charge is 2.23. The van der Waals surface area contributed by atoms with Crippen molar-refractivity contribution in [2.24, 2.45) is 5.73 Å². The molecule has 0 bridgehead atoms. The molecule has 9 nitrogen and oxygen atoms in total. The first-order valence-electron chi connectivity index (χ1n) is 7.32. The number of rotatable bonds is 6. The standard InChI is InChI=1S/C14H22N4O5/c1-4-5-6-23-14(22)17(10(3)15)8-11(19)18-7-9(2)12(20)16-13(18)21/h7,10H,4-6,8,15H2,1-3H3,(H,16,20,21). The van der Waals surface area contributed by atoms with Gasteiger partial charge in [-0.1, -0.05) is 13.3 Å². The van der Waals surface area contributed by atoms with Gasteiger partial charge < -0.3 is 10.5 Å². The number of amides is 1. The van der Waals surface area contributed by atoms with Gasteiger partial charge in [0.05, 0.1) is 12.8 Å². The zero-order chi connectivity index (χ0) is 17.6. The Hall–Kier alpha value is -2.42. The third-order valence-corrected chi connectivity index (χ3v) is 3.14. The number of ether oxygens (including phenoxy) is 1. The third kappa shape index (κ3) is 5.06. The Bertz CT molecular complexity index is 676. The zero-order valence-corrected chi connectivity index (χ0v) is 13.5. The number of aromatic nitrogens is 2. The summed E-state index contributed by atoms with van der Waals surface area (Å²) in [7, 11) is 0. The number of nitrogens with one attached hydrogen (secondary N) is 1. The fraction of sp³-hybridized carbons (Fsp3) is 0.571.